The van der Waals surface area contributed by atoms with Gasteiger partial charge in [0.25, 0.3) is 0 Å². The molecule has 8 aromatic carbocycles. The van der Waals surface area contributed by atoms with Crippen LogP contribution in [0.1, 0.15) is 35.6 Å². The lowest BCUT2D eigenvalue weighted by Crippen LogP contribution is -2.50. The summed E-state index contributed by atoms with van der Waals surface area (Å²) >= 11 is 0. The lowest BCUT2D eigenvalue weighted by molar-refractivity contribution is 0.546. The number of allylic oxidation sites excluding steroid dienone is 3. The van der Waals surface area contributed by atoms with E-state index in [9.17, 15) is 0 Å². The van der Waals surface area contributed by atoms with Crippen molar-refractivity contribution in [1.29, 1.82) is 0 Å². The van der Waals surface area contributed by atoms with E-state index in [1.54, 1.807) is 0 Å². The van der Waals surface area contributed by atoms with Crippen LogP contribution in [-0.2, 0) is 6.42 Å². The van der Waals surface area contributed by atoms with E-state index >= 15 is 0 Å². The van der Waals surface area contributed by atoms with Gasteiger partial charge in [0.2, 0.25) is 0 Å². The molecule has 0 bridgehead atoms. The summed E-state index contributed by atoms with van der Waals surface area (Å²) in [7, 11) is 0. The minimum Gasteiger partial charge on any atom is -0.314 e. The maximum absolute atomic E-state index is 5.32. The molecule has 56 heavy (non-hydrogen) atoms. The Bertz CT molecular complexity index is 2980. The van der Waals surface area contributed by atoms with Crippen molar-refractivity contribution in [2.45, 2.75) is 31.3 Å². The summed E-state index contributed by atoms with van der Waals surface area (Å²) in [6.07, 6.45) is 13.3. The summed E-state index contributed by atoms with van der Waals surface area (Å²) in [4.78, 5) is 7.72. The molecule has 0 saturated carbocycles. The molecular weight excluding hydrogens is 677 g/mol. The predicted molar refractivity (Wildman–Crippen MR) is 238 cm³/mol. The van der Waals surface area contributed by atoms with Gasteiger partial charge in [-0.05, 0) is 121 Å². The van der Waals surface area contributed by atoms with Crippen molar-refractivity contribution in [3.05, 3.63) is 210 Å². The fourth-order valence-electron chi connectivity index (χ4n) is 9.49. The zero-order chi connectivity index (χ0) is 37.2. The molecule has 8 aromatic rings. The monoisotopic (exact) mass is 716 g/mol. The smallest absolute Gasteiger partial charge is 0.136 e. The highest BCUT2D eigenvalue weighted by Gasteiger charge is 2.45. The third-order valence-corrected chi connectivity index (χ3v) is 12.3. The van der Waals surface area contributed by atoms with Gasteiger partial charge in [-0.15, -0.1) is 0 Å². The van der Waals surface area contributed by atoms with Crippen LogP contribution >= 0.6 is 0 Å². The van der Waals surface area contributed by atoms with Crippen LogP contribution in [0, 0.1) is 0 Å². The standard InChI is InChI=1S/C54H40N2/c1-54-32-12-11-21-50(54)55-53(56(54)45-17-3-2-4-18-45)39-26-22-38(23-27-39)42-30-31-48-49(35-42)52(44-29-25-37-14-6-8-16-41(37)34-44)47-20-10-9-19-46(47)51(48)43-28-24-36-13-5-7-15-40(36)33-43/h2-23,25-27,29-35,50H,24,28H2,1H3. The molecule has 0 N–H and O–H groups in total. The molecule has 2 aliphatic carbocycles. The minimum atomic E-state index is -0.266. The van der Waals surface area contributed by atoms with Crippen molar-refractivity contribution >= 4 is 55.5 Å². The molecule has 3 aliphatic rings. The Morgan fingerprint density at radius 1 is 0.536 bits per heavy atom. The molecule has 2 unspecified atom stereocenters. The van der Waals surface area contributed by atoms with Gasteiger partial charge in [-0.1, -0.05) is 170 Å². The van der Waals surface area contributed by atoms with Crippen molar-refractivity contribution < 1.29 is 0 Å². The molecule has 11 rings (SSSR count). The van der Waals surface area contributed by atoms with Gasteiger partial charge in [0.15, 0.2) is 0 Å². The van der Waals surface area contributed by atoms with Crippen molar-refractivity contribution in [1.82, 2.24) is 0 Å². The first kappa shape index (κ1) is 32.6. The fraction of sp³-hybridized carbons (Fsp3) is 0.0926. The van der Waals surface area contributed by atoms with Gasteiger partial charge in [0, 0.05) is 11.3 Å². The van der Waals surface area contributed by atoms with Crippen LogP contribution in [0.25, 0.3) is 66.2 Å². The molecule has 2 atom stereocenters. The van der Waals surface area contributed by atoms with Crippen LogP contribution in [0.2, 0.25) is 0 Å². The highest BCUT2D eigenvalue weighted by atomic mass is 15.3. The first-order chi connectivity index (χ1) is 27.6. The van der Waals surface area contributed by atoms with Crippen LogP contribution in [0.5, 0.6) is 0 Å². The topological polar surface area (TPSA) is 15.6 Å². The Morgan fingerprint density at radius 2 is 1.21 bits per heavy atom. The van der Waals surface area contributed by atoms with Crippen LogP contribution < -0.4 is 4.90 Å². The minimum absolute atomic E-state index is 0.0492. The largest absolute Gasteiger partial charge is 0.314 e. The Balaban J connectivity index is 1.09. The Labute approximate surface area is 328 Å². The fourth-order valence-corrected chi connectivity index (χ4v) is 9.49. The van der Waals surface area contributed by atoms with E-state index in [1.165, 1.54) is 76.8 Å². The zero-order valence-corrected chi connectivity index (χ0v) is 31.4. The molecule has 0 radical (unpaired) electrons. The number of amidine groups is 1. The van der Waals surface area contributed by atoms with E-state index in [0.717, 1.165) is 29.9 Å². The summed E-state index contributed by atoms with van der Waals surface area (Å²) in [6.45, 7) is 2.29. The zero-order valence-electron chi connectivity index (χ0n) is 31.4. The molecule has 0 saturated heterocycles. The SMILES string of the molecule is CC12C=CC=CC1N=C(c1ccc(-c3ccc4c(C5=Cc6ccccc6CC5)c5ccccc5c(-c5ccc6ccccc6c5)c4c3)cc1)N2c1ccccc1. The van der Waals surface area contributed by atoms with Crippen LogP contribution in [0.3, 0.4) is 0 Å². The number of benzene rings is 8. The molecule has 1 heterocycles. The number of anilines is 1. The van der Waals surface area contributed by atoms with Crippen molar-refractivity contribution in [2.75, 3.05) is 4.90 Å². The number of hydrogen-bond donors (Lipinski definition) is 0. The van der Waals surface area contributed by atoms with Gasteiger partial charge in [-0.2, -0.15) is 0 Å². The summed E-state index contributed by atoms with van der Waals surface area (Å²) in [5, 5.41) is 7.69. The van der Waals surface area contributed by atoms with Crippen molar-refractivity contribution in [3.63, 3.8) is 0 Å². The Hall–Kier alpha value is -6.77. The number of fused-ring (bicyclic) bond motifs is 5. The van der Waals surface area contributed by atoms with Crippen molar-refractivity contribution in [3.8, 4) is 22.3 Å². The molecule has 0 amide bonds. The maximum atomic E-state index is 5.32. The number of rotatable bonds is 5. The van der Waals surface area contributed by atoms with Crippen LogP contribution in [0.4, 0.5) is 5.69 Å². The summed E-state index contributed by atoms with van der Waals surface area (Å²) in [5.74, 6) is 1.00. The van der Waals surface area contributed by atoms with E-state index in [1.807, 2.05) is 0 Å². The summed E-state index contributed by atoms with van der Waals surface area (Å²) in [5.41, 5.74) is 12.4. The number of para-hydroxylation sites is 1. The molecule has 266 valence electrons. The molecule has 2 heteroatoms. The highest BCUT2D eigenvalue weighted by molar-refractivity contribution is 6.21. The third kappa shape index (κ3) is 5.21. The van der Waals surface area contributed by atoms with E-state index in [2.05, 4.69) is 206 Å². The molecule has 1 aliphatic heterocycles. The normalized spacial score (nSPS) is 18.6. The lowest BCUT2D eigenvalue weighted by Gasteiger charge is -2.38. The number of aliphatic imine (C=N–C) groups is 1. The first-order valence-corrected chi connectivity index (χ1v) is 19.8. The quantitative estimate of drug-likeness (QED) is 0.162. The van der Waals surface area contributed by atoms with Gasteiger partial charge in [-0.3, -0.25) is 4.99 Å². The Kier molecular flexibility index (Phi) is 7.53. The Morgan fingerprint density at radius 3 is 2.07 bits per heavy atom. The average molecular weight is 717 g/mol. The van der Waals surface area contributed by atoms with E-state index in [4.69, 9.17) is 4.99 Å². The number of nitrogens with zero attached hydrogens (tertiary/aromatic N) is 2. The van der Waals surface area contributed by atoms with Gasteiger partial charge in [0.1, 0.15) is 5.84 Å². The molecular formula is C54H40N2. The predicted octanol–water partition coefficient (Wildman–Crippen LogP) is 13.5. The van der Waals surface area contributed by atoms with Gasteiger partial charge in [0.05, 0.1) is 11.6 Å². The van der Waals surface area contributed by atoms with E-state index in [-0.39, 0.29) is 11.6 Å². The van der Waals surface area contributed by atoms with Crippen LogP contribution in [-0.4, -0.2) is 17.4 Å². The van der Waals surface area contributed by atoms with Gasteiger partial charge < -0.3 is 4.90 Å². The highest BCUT2D eigenvalue weighted by Crippen LogP contribution is 2.46. The summed E-state index contributed by atoms with van der Waals surface area (Å²) in [6, 6.07) is 60.5. The van der Waals surface area contributed by atoms with Crippen LogP contribution in [0.15, 0.2) is 193 Å². The molecule has 0 spiro atoms. The second kappa shape index (κ2) is 12.9. The number of hydrogen-bond acceptors (Lipinski definition) is 2. The van der Waals surface area contributed by atoms with E-state index < -0.39 is 0 Å². The van der Waals surface area contributed by atoms with E-state index in [0.29, 0.717) is 0 Å². The maximum Gasteiger partial charge on any atom is 0.136 e. The average Bonchev–Trinajstić information content (AvgIpc) is 3.58. The second-order valence-corrected chi connectivity index (χ2v) is 15.6. The molecule has 0 aromatic heterocycles. The van der Waals surface area contributed by atoms with Gasteiger partial charge in [-0.25, -0.2) is 0 Å². The molecule has 0 fully saturated rings. The second-order valence-electron chi connectivity index (χ2n) is 15.6. The first-order valence-electron chi connectivity index (χ1n) is 19.8. The molecule has 2 nitrogen and oxygen atoms in total. The summed E-state index contributed by atoms with van der Waals surface area (Å²) < 4.78 is 0. The lowest BCUT2D eigenvalue weighted by atomic mass is 9.81. The van der Waals surface area contributed by atoms with Gasteiger partial charge >= 0.3 is 0 Å². The number of aryl methyl sites for hydroxylation is 1. The third-order valence-electron chi connectivity index (χ3n) is 12.3. The van der Waals surface area contributed by atoms with Crippen molar-refractivity contribution in [2.24, 2.45) is 4.99 Å².